The Balaban J connectivity index is 0.00000253. The van der Waals surface area contributed by atoms with Gasteiger partial charge in [-0.05, 0) is 19.4 Å². The lowest BCUT2D eigenvalue weighted by Crippen LogP contribution is -2.61. The Hall–Kier alpha value is -2.57. The monoisotopic (exact) mass is 584 g/mol. The summed E-state index contributed by atoms with van der Waals surface area (Å²) in [6.45, 7) is 3.96. The van der Waals surface area contributed by atoms with Crippen molar-refractivity contribution >= 4 is 59.6 Å². The van der Waals surface area contributed by atoms with Gasteiger partial charge in [-0.3, -0.25) is 14.4 Å². The van der Waals surface area contributed by atoms with Gasteiger partial charge < -0.3 is 20.7 Å². The van der Waals surface area contributed by atoms with Crippen molar-refractivity contribution < 1.29 is 19.1 Å². The highest BCUT2D eigenvalue weighted by atomic mass is 35.5. The lowest BCUT2D eigenvalue weighted by Gasteiger charge is -2.40. The fourth-order valence-corrected chi connectivity index (χ4v) is 5.07. The second-order valence-electron chi connectivity index (χ2n) is 9.87. The van der Waals surface area contributed by atoms with Crippen LogP contribution in [0.1, 0.15) is 31.5 Å². The molecule has 3 amide bonds. The molecule has 1 aromatic heterocycles. The van der Waals surface area contributed by atoms with Crippen LogP contribution in [0.2, 0.25) is 0 Å². The summed E-state index contributed by atoms with van der Waals surface area (Å²) in [6.07, 6.45) is 0.819. The summed E-state index contributed by atoms with van der Waals surface area (Å²) in [4.78, 5) is 45.7. The van der Waals surface area contributed by atoms with Crippen LogP contribution in [0.5, 0.6) is 0 Å². The maximum atomic E-state index is 13.7. The van der Waals surface area contributed by atoms with Crippen LogP contribution in [0, 0.1) is 5.41 Å². The minimum Gasteiger partial charge on any atom is -0.374 e. The van der Waals surface area contributed by atoms with Crippen molar-refractivity contribution in [3.05, 3.63) is 52.5 Å². The first-order valence-electron chi connectivity index (χ1n) is 11.8. The van der Waals surface area contributed by atoms with E-state index in [1.54, 1.807) is 31.3 Å². The third kappa shape index (κ3) is 6.89. The highest BCUT2D eigenvalue weighted by Crippen LogP contribution is 2.38. The number of carbonyl (C=O) groups excluding carboxylic acids is 3. The van der Waals surface area contributed by atoms with Gasteiger partial charge in [0, 0.05) is 38.4 Å². The predicted octanol–water partition coefficient (Wildman–Crippen LogP) is 2.01. The average Bonchev–Trinajstić information content (AvgIpc) is 3.44. The highest BCUT2D eigenvalue weighted by molar-refractivity contribution is 7.07. The highest BCUT2D eigenvalue weighted by Gasteiger charge is 2.54. The van der Waals surface area contributed by atoms with Crippen molar-refractivity contribution in [1.82, 2.24) is 20.2 Å². The van der Waals surface area contributed by atoms with Gasteiger partial charge >= 0.3 is 0 Å². The van der Waals surface area contributed by atoms with Gasteiger partial charge in [0.1, 0.15) is 11.5 Å². The molecule has 1 fully saturated rings. The van der Waals surface area contributed by atoms with E-state index in [9.17, 15) is 14.4 Å². The summed E-state index contributed by atoms with van der Waals surface area (Å²) in [5.41, 5.74) is 8.06. The lowest BCUT2D eigenvalue weighted by atomic mass is 9.74. The molecule has 10 nitrogen and oxygen atoms in total. The maximum Gasteiger partial charge on any atom is 0.256 e. The van der Waals surface area contributed by atoms with Gasteiger partial charge in [0.2, 0.25) is 11.8 Å². The molecule has 2 atom stereocenters. The first kappa shape index (κ1) is 31.6. The molecule has 3 heterocycles. The Labute approximate surface area is 238 Å². The molecule has 2 unspecified atom stereocenters. The van der Waals surface area contributed by atoms with Gasteiger partial charge in [-0.1, -0.05) is 30.3 Å². The number of nitrogens with two attached hydrogens (primary N) is 1. The van der Waals surface area contributed by atoms with E-state index in [0.29, 0.717) is 26.0 Å². The van der Waals surface area contributed by atoms with Crippen molar-refractivity contribution in [2.75, 3.05) is 26.7 Å². The van der Waals surface area contributed by atoms with E-state index in [0.717, 1.165) is 17.0 Å². The number of aromatic nitrogens is 1. The first-order valence-corrected chi connectivity index (χ1v) is 12.8. The number of benzene rings is 1. The normalized spacial score (nSPS) is 19.6. The van der Waals surface area contributed by atoms with Crippen LogP contribution in [-0.4, -0.2) is 76.7 Å². The number of hydrazone groups is 1. The number of hydrogen-bond acceptors (Lipinski definition) is 8. The zero-order valence-electron chi connectivity index (χ0n) is 21.6. The molecular formula is C25H34Cl2N6O4S. The molecule has 1 aromatic carbocycles. The van der Waals surface area contributed by atoms with E-state index in [1.165, 1.54) is 16.3 Å². The first-order chi connectivity index (χ1) is 17.1. The number of halogens is 2. The average molecular weight is 586 g/mol. The van der Waals surface area contributed by atoms with Crippen molar-refractivity contribution in [3.63, 3.8) is 0 Å². The minimum absolute atomic E-state index is 0. The van der Waals surface area contributed by atoms with Gasteiger partial charge in [-0.25, -0.2) is 9.99 Å². The number of thiazole rings is 1. The molecule has 38 heavy (non-hydrogen) atoms. The molecule has 2 aliphatic heterocycles. The predicted molar refractivity (Wildman–Crippen MR) is 150 cm³/mol. The van der Waals surface area contributed by atoms with Gasteiger partial charge in [0.25, 0.3) is 5.91 Å². The molecule has 3 N–H and O–H groups in total. The SMILES string of the molecule is CN1N=C2CCN(C(=O)C(COCc3ccccc3)NC(=O)C(C)(C)N)CC2(Cc2cscn2)C1=O.Cl.Cl. The molecule has 1 saturated heterocycles. The number of likely N-dealkylation sites (tertiary alicyclic amines) is 1. The van der Waals surface area contributed by atoms with Crippen molar-refractivity contribution in [1.29, 1.82) is 0 Å². The summed E-state index contributed by atoms with van der Waals surface area (Å²) in [5.74, 6) is -0.941. The van der Waals surface area contributed by atoms with Crippen molar-refractivity contribution in [2.45, 2.75) is 44.9 Å². The number of ether oxygens (including phenoxy) is 1. The molecule has 0 bridgehead atoms. The Kier molecular flexibility index (Phi) is 10.8. The molecule has 4 rings (SSSR count). The van der Waals surface area contributed by atoms with Crippen LogP contribution in [0.4, 0.5) is 0 Å². The zero-order chi connectivity index (χ0) is 25.9. The number of piperidine rings is 1. The van der Waals surface area contributed by atoms with E-state index in [-0.39, 0.29) is 49.8 Å². The molecule has 0 spiro atoms. The lowest BCUT2D eigenvalue weighted by molar-refractivity contribution is -0.143. The number of hydrogen-bond donors (Lipinski definition) is 2. The van der Waals surface area contributed by atoms with Crippen LogP contribution in [0.25, 0.3) is 0 Å². The number of nitrogens with one attached hydrogen (secondary N) is 1. The molecular weight excluding hydrogens is 551 g/mol. The summed E-state index contributed by atoms with van der Waals surface area (Å²) < 4.78 is 5.83. The molecule has 2 aromatic rings. The largest absolute Gasteiger partial charge is 0.374 e. The quantitative estimate of drug-likeness (QED) is 0.463. The van der Waals surface area contributed by atoms with E-state index >= 15 is 0 Å². The Bertz CT molecular complexity index is 1140. The molecule has 208 valence electrons. The van der Waals surface area contributed by atoms with Crippen LogP contribution < -0.4 is 11.1 Å². The number of fused-ring (bicyclic) bond motifs is 1. The fraction of sp³-hybridized carbons (Fsp3) is 0.480. The number of rotatable bonds is 9. The number of nitrogens with zero attached hydrogens (tertiary/aromatic N) is 4. The van der Waals surface area contributed by atoms with Gasteiger partial charge in [0.15, 0.2) is 0 Å². The van der Waals surface area contributed by atoms with Gasteiger partial charge in [0.05, 0.1) is 35.7 Å². The number of amides is 3. The van der Waals surface area contributed by atoms with Crippen LogP contribution in [0.3, 0.4) is 0 Å². The van der Waals surface area contributed by atoms with E-state index in [2.05, 4.69) is 15.4 Å². The Morgan fingerprint density at radius 2 is 1.97 bits per heavy atom. The van der Waals surface area contributed by atoms with E-state index < -0.39 is 22.9 Å². The Morgan fingerprint density at radius 1 is 1.26 bits per heavy atom. The van der Waals surface area contributed by atoms with E-state index in [4.69, 9.17) is 10.5 Å². The fourth-order valence-electron chi connectivity index (χ4n) is 4.51. The molecule has 2 aliphatic rings. The topological polar surface area (TPSA) is 130 Å². The molecule has 0 aliphatic carbocycles. The van der Waals surface area contributed by atoms with Gasteiger partial charge in [-0.15, -0.1) is 36.2 Å². The summed E-state index contributed by atoms with van der Waals surface area (Å²) >= 11 is 1.46. The molecule has 0 saturated carbocycles. The number of carbonyl (C=O) groups is 3. The van der Waals surface area contributed by atoms with E-state index in [1.807, 2.05) is 35.7 Å². The third-order valence-corrected chi connectivity index (χ3v) is 7.10. The summed E-state index contributed by atoms with van der Waals surface area (Å²) in [6, 6.07) is 8.63. The Morgan fingerprint density at radius 3 is 2.61 bits per heavy atom. The standard InChI is InChI=1S/C25H32N6O4S.2ClH/c1-24(2,26)22(33)28-19(13-35-12-17-7-5-4-6-8-17)21(32)31-10-9-20-25(15-31,23(34)30(3)29-20)11-18-14-36-16-27-18;;/h4-8,14,16,19H,9-13,15,26H2,1-3H3,(H,28,33);2*1H. The zero-order valence-corrected chi connectivity index (χ0v) is 24.0. The van der Waals surface area contributed by atoms with Crippen molar-refractivity contribution in [2.24, 2.45) is 16.3 Å². The third-order valence-electron chi connectivity index (χ3n) is 6.47. The molecule has 13 heteroatoms. The second-order valence-corrected chi connectivity index (χ2v) is 10.6. The summed E-state index contributed by atoms with van der Waals surface area (Å²) in [7, 11) is 1.63. The van der Waals surface area contributed by atoms with Crippen LogP contribution >= 0.6 is 36.2 Å². The van der Waals surface area contributed by atoms with Gasteiger partial charge in [-0.2, -0.15) is 5.10 Å². The smallest absolute Gasteiger partial charge is 0.256 e. The van der Waals surface area contributed by atoms with Crippen LogP contribution in [0.15, 0.2) is 46.3 Å². The van der Waals surface area contributed by atoms with Crippen molar-refractivity contribution in [3.8, 4) is 0 Å². The molecule has 0 radical (unpaired) electrons. The second kappa shape index (κ2) is 13.0. The minimum atomic E-state index is -1.17. The maximum absolute atomic E-state index is 13.7. The summed E-state index contributed by atoms with van der Waals surface area (Å²) in [5, 5.41) is 10.5. The van der Waals surface area contributed by atoms with Crippen LogP contribution in [-0.2, 0) is 32.1 Å².